The van der Waals surface area contributed by atoms with Gasteiger partial charge in [0, 0.05) is 6.26 Å². The summed E-state index contributed by atoms with van der Waals surface area (Å²) in [6.45, 7) is 3.66. The number of sulfone groups is 1. The highest BCUT2D eigenvalue weighted by molar-refractivity contribution is 7.91. The van der Waals surface area contributed by atoms with E-state index in [1.165, 1.54) is 6.26 Å². The van der Waals surface area contributed by atoms with Crippen LogP contribution in [0.1, 0.15) is 18.1 Å². The van der Waals surface area contributed by atoms with E-state index in [0.29, 0.717) is 6.42 Å². The number of aryl methyl sites for hydroxylation is 1. The molecular weight excluding hydrogens is 244 g/mol. The first-order chi connectivity index (χ1) is 7.32. The zero-order chi connectivity index (χ0) is 12.3. The van der Waals surface area contributed by atoms with Crippen LogP contribution in [-0.2, 0) is 16.3 Å². The summed E-state index contributed by atoms with van der Waals surface area (Å²) < 4.78 is 22.7. The quantitative estimate of drug-likeness (QED) is 0.780. The lowest BCUT2D eigenvalue weighted by atomic mass is 10.0. The molecule has 1 rings (SSSR count). The van der Waals surface area contributed by atoms with E-state index in [9.17, 15) is 8.42 Å². The molecule has 0 radical (unpaired) electrons. The average molecular weight is 261 g/mol. The van der Waals surface area contributed by atoms with Gasteiger partial charge >= 0.3 is 0 Å². The van der Waals surface area contributed by atoms with Gasteiger partial charge in [-0.3, -0.25) is 0 Å². The lowest BCUT2D eigenvalue weighted by Gasteiger charge is -2.17. The summed E-state index contributed by atoms with van der Waals surface area (Å²) in [5, 5.41) is -0.898. The van der Waals surface area contributed by atoms with Crippen molar-refractivity contribution in [2.45, 2.75) is 30.9 Å². The van der Waals surface area contributed by atoms with Crippen molar-refractivity contribution in [3.8, 4) is 0 Å². The standard InChI is InChI=1S/C12H17ClO2S/c1-9-6-4-5-7-11(9)8-12(13)10(2)16(3,14)15/h4-7,10,12H,8H2,1-3H3. The van der Waals surface area contributed by atoms with Gasteiger partial charge in [-0.2, -0.15) is 0 Å². The molecule has 16 heavy (non-hydrogen) atoms. The molecule has 0 heterocycles. The van der Waals surface area contributed by atoms with Crippen molar-refractivity contribution in [3.05, 3.63) is 35.4 Å². The van der Waals surface area contributed by atoms with Crippen molar-refractivity contribution < 1.29 is 8.42 Å². The van der Waals surface area contributed by atoms with E-state index in [4.69, 9.17) is 11.6 Å². The van der Waals surface area contributed by atoms with Crippen molar-refractivity contribution in [2.75, 3.05) is 6.26 Å². The molecule has 0 aliphatic rings. The van der Waals surface area contributed by atoms with Crippen molar-refractivity contribution in [3.63, 3.8) is 0 Å². The molecule has 1 aromatic rings. The lowest BCUT2D eigenvalue weighted by molar-refractivity contribution is 0.584. The number of benzene rings is 1. The Morgan fingerprint density at radius 1 is 1.31 bits per heavy atom. The SMILES string of the molecule is Cc1ccccc1CC(Cl)C(C)S(C)(=O)=O. The van der Waals surface area contributed by atoms with E-state index in [0.717, 1.165) is 11.1 Å². The van der Waals surface area contributed by atoms with Gasteiger partial charge in [-0.1, -0.05) is 24.3 Å². The van der Waals surface area contributed by atoms with Gasteiger partial charge in [0.25, 0.3) is 0 Å². The summed E-state index contributed by atoms with van der Waals surface area (Å²) in [5.74, 6) is 0. The molecule has 0 bridgehead atoms. The first-order valence-electron chi connectivity index (χ1n) is 5.20. The Balaban J connectivity index is 2.80. The fourth-order valence-corrected chi connectivity index (χ4v) is 2.84. The van der Waals surface area contributed by atoms with E-state index < -0.39 is 15.1 Å². The Kier molecular flexibility index (Phi) is 4.39. The number of rotatable bonds is 4. The molecule has 0 aliphatic carbocycles. The largest absolute Gasteiger partial charge is 0.229 e. The normalized spacial score (nSPS) is 15.8. The molecule has 0 N–H and O–H groups in total. The van der Waals surface area contributed by atoms with Gasteiger partial charge in [-0.15, -0.1) is 11.6 Å². The maximum Gasteiger partial charge on any atom is 0.151 e. The maximum absolute atomic E-state index is 11.4. The minimum Gasteiger partial charge on any atom is -0.229 e. The highest BCUT2D eigenvalue weighted by Crippen LogP contribution is 2.18. The van der Waals surface area contributed by atoms with E-state index in [1.807, 2.05) is 31.2 Å². The highest BCUT2D eigenvalue weighted by Gasteiger charge is 2.24. The second-order valence-electron chi connectivity index (χ2n) is 4.18. The predicted molar refractivity (Wildman–Crippen MR) is 68.8 cm³/mol. The topological polar surface area (TPSA) is 34.1 Å². The fraction of sp³-hybridized carbons (Fsp3) is 0.500. The Bertz CT molecular complexity index is 454. The average Bonchev–Trinajstić information content (AvgIpc) is 2.19. The Morgan fingerprint density at radius 2 is 1.88 bits per heavy atom. The minimum atomic E-state index is -3.07. The van der Waals surface area contributed by atoms with Crippen LogP contribution in [0.2, 0.25) is 0 Å². The molecule has 0 spiro atoms. The van der Waals surface area contributed by atoms with Crippen LogP contribution in [-0.4, -0.2) is 25.3 Å². The van der Waals surface area contributed by atoms with Crippen LogP contribution >= 0.6 is 11.6 Å². The molecule has 0 saturated carbocycles. The van der Waals surface area contributed by atoms with E-state index in [1.54, 1.807) is 6.92 Å². The summed E-state index contributed by atoms with van der Waals surface area (Å²) in [4.78, 5) is 0. The third-order valence-electron chi connectivity index (χ3n) is 2.86. The molecule has 0 aromatic heterocycles. The molecule has 0 saturated heterocycles. The smallest absolute Gasteiger partial charge is 0.151 e. The van der Waals surface area contributed by atoms with Crippen molar-refractivity contribution >= 4 is 21.4 Å². The lowest BCUT2D eigenvalue weighted by Crippen LogP contribution is -2.28. The van der Waals surface area contributed by atoms with E-state index in [-0.39, 0.29) is 5.38 Å². The number of alkyl halides is 1. The van der Waals surface area contributed by atoms with Crippen LogP contribution in [0.4, 0.5) is 0 Å². The molecule has 2 atom stereocenters. The fourth-order valence-electron chi connectivity index (χ4n) is 1.48. The molecule has 90 valence electrons. The van der Waals surface area contributed by atoms with Gasteiger partial charge in [0.1, 0.15) is 0 Å². The molecule has 0 aliphatic heterocycles. The van der Waals surface area contributed by atoms with Crippen LogP contribution < -0.4 is 0 Å². The molecular formula is C12H17ClO2S. The summed E-state index contributed by atoms with van der Waals surface area (Å²) >= 11 is 6.14. The van der Waals surface area contributed by atoms with E-state index in [2.05, 4.69) is 0 Å². The number of hydrogen-bond donors (Lipinski definition) is 0. The monoisotopic (exact) mass is 260 g/mol. The zero-order valence-electron chi connectivity index (χ0n) is 9.77. The summed E-state index contributed by atoms with van der Waals surface area (Å²) in [5.41, 5.74) is 2.26. The first kappa shape index (κ1) is 13.5. The molecule has 0 amide bonds. The number of hydrogen-bond acceptors (Lipinski definition) is 2. The van der Waals surface area contributed by atoms with Crippen LogP contribution in [0, 0.1) is 6.92 Å². The Morgan fingerprint density at radius 3 is 2.38 bits per heavy atom. The molecule has 2 unspecified atom stereocenters. The van der Waals surface area contributed by atoms with Gasteiger partial charge in [-0.25, -0.2) is 8.42 Å². The minimum absolute atomic E-state index is 0.379. The summed E-state index contributed by atoms with van der Waals surface area (Å²) in [7, 11) is -3.07. The van der Waals surface area contributed by atoms with Crippen molar-refractivity contribution in [1.29, 1.82) is 0 Å². The van der Waals surface area contributed by atoms with E-state index >= 15 is 0 Å². The zero-order valence-corrected chi connectivity index (χ0v) is 11.3. The van der Waals surface area contributed by atoms with Crippen LogP contribution in [0.15, 0.2) is 24.3 Å². The highest BCUT2D eigenvalue weighted by atomic mass is 35.5. The number of halogens is 1. The second kappa shape index (κ2) is 5.19. The summed E-state index contributed by atoms with van der Waals surface area (Å²) in [6.07, 6.45) is 1.81. The Labute approximate surface area is 103 Å². The summed E-state index contributed by atoms with van der Waals surface area (Å²) in [6, 6.07) is 7.89. The predicted octanol–water partition coefficient (Wildman–Crippen LogP) is 2.58. The van der Waals surface area contributed by atoms with Gasteiger partial charge in [0.2, 0.25) is 0 Å². The van der Waals surface area contributed by atoms with Gasteiger partial charge < -0.3 is 0 Å². The van der Waals surface area contributed by atoms with Crippen LogP contribution in [0.25, 0.3) is 0 Å². The van der Waals surface area contributed by atoms with Gasteiger partial charge in [-0.05, 0) is 31.4 Å². The molecule has 0 fully saturated rings. The second-order valence-corrected chi connectivity index (χ2v) is 7.14. The van der Waals surface area contributed by atoms with Crippen LogP contribution in [0.5, 0.6) is 0 Å². The van der Waals surface area contributed by atoms with Crippen LogP contribution in [0.3, 0.4) is 0 Å². The molecule has 2 nitrogen and oxygen atoms in total. The third kappa shape index (κ3) is 3.49. The molecule has 4 heteroatoms. The Hall–Kier alpha value is -0.540. The van der Waals surface area contributed by atoms with Crippen molar-refractivity contribution in [1.82, 2.24) is 0 Å². The molecule has 1 aromatic carbocycles. The van der Waals surface area contributed by atoms with Crippen molar-refractivity contribution in [2.24, 2.45) is 0 Å². The maximum atomic E-state index is 11.4. The third-order valence-corrected chi connectivity index (χ3v) is 5.22. The first-order valence-corrected chi connectivity index (χ1v) is 7.59. The van der Waals surface area contributed by atoms with Gasteiger partial charge in [0.05, 0.1) is 10.6 Å². The van der Waals surface area contributed by atoms with Gasteiger partial charge in [0.15, 0.2) is 9.84 Å².